The molecule has 0 unspecified atom stereocenters. The van der Waals surface area contributed by atoms with E-state index in [2.05, 4.69) is 181 Å². The average Bonchev–Trinajstić information content (AvgIpc) is 3.94. The van der Waals surface area contributed by atoms with Crippen molar-refractivity contribution in [2.75, 3.05) is 4.90 Å². The number of furan rings is 2. The maximum Gasteiger partial charge on any atom is 0.143 e. The lowest BCUT2D eigenvalue weighted by atomic mass is 10.0. The molecule has 52 heavy (non-hydrogen) atoms. The highest BCUT2D eigenvalue weighted by Gasteiger charge is 2.19. The molecule has 0 bridgehead atoms. The Morgan fingerprint density at radius 2 is 0.808 bits per heavy atom. The smallest absolute Gasteiger partial charge is 0.143 e. The van der Waals surface area contributed by atoms with Gasteiger partial charge in [0.25, 0.3) is 0 Å². The topological polar surface area (TPSA) is 29.5 Å². The molecule has 0 aliphatic heterocycles. The molecule has 0 amide bonds. The van der Waals surface area contributed by atoms with Crippen LogP contribution >= 0.6 is 11.3 Å². The highest BCUT2D eigenvalue weighted by Crippen LogP contribution is 2.43. The van der Waals surface area contributed by atoms with E-state index >= 15 is 0 Å². The van der Waals surface area contributed by atoms with Gasteiger partial charge in [-0.2, -0.15) is 0 Å². The number of hydrogen-bond donors (Lipinski definition) is 0. The zero-order valence-electron chi connectivity index (χ0n) is 27.9. The maximum atomic E-state index is 6.65. The van der Waals surface area contributed by atoms with E-state index in [9.17, 15) is 0 Å². The van der Waals surface area contributed by atoms with E-state index in [4.69, 9.17) is 8.83 Å². The van der Waals surface area contributed by atoms with Gasteiger partial charge in [-0.15, -0.1) is 11.3 Å². The molecule has 3 aromatic heterocycles. The Balaban J connectivity index is 1.06. The van der Waals surface area contributed by atoms with Gasteiger partial charge in [0.05, 0.1) is 0 Å². The van der Waals surface area contributed by atoms with Crippen molar-refractivity contribution in [3.05, 3.63) is 176 Å². The minimum atomic E-state index is 0.855. The van der Waals surface area contributed by atoms with Gasteiger partial charge in [0, 0.05) is 71.3 Å². The summed E-state index contributed by atoms with van der Waals surface area (Å²) in [4.78, 5) is 4.80. The van der Waals surface area contributed by atoms with Crippen molar-refractivity contribution in [3.8, 4) is 20.9 Å². The second kappa shape index (κ2) is 11.5. The highest BCUT2D eigenvalue weighted by molar-refractivity contribution is 7.18. The molecule has 0 N–H and O–H groups in total. The summed E-state index contributed by atoms with van der Waals surface area (Å²) in [5, 5.41) is 9.04. The molecule has 0 radical (unpaired) electrons. The summed E-state index contributed by atoms with van der Waals surface area (Å²) in [6.07, 6.45) is 0. The molecule has 0 saturated carbocycles. The highest BCUT2D eigenvalue weighted by atomic mass is 32.1. The largest absolute Gasteiger partial charge is 0.455 e. The first-order valence-electron chi connectivity index (χ1n) is 17.5. The first-order chi connectivity index (χ1) is 25.7. The third-order valence-corrected chi connectivity index (χ3v) is 11.5. The lowest BCUT2D eigenvalue weighted by molar-refractivity contribution is 0.672. The minimum Gasteiger partial charge on any atom is -0.455 e. The normalized spacial score (nSPS) is 11.8. The van der Waals surface area contributed by atoms with Gasteiger partial charge >= 0.3 is 0 Å². The Morgan fingerprint density at radius 1 is 0.346 bits per heavy atom. The van der Waals surface area contributed by atoms with Gasteiger partial charge in [-0.05, 0) is 82.6 Å². The van der Waals surface area contributed by atoms with E-state index < -0.39 is 0 Å². The van der Waals surface area contributed by atoms with Gasteiger partial charge in [0.2, 0.25) is 0 Å². The molecule has 11 aromatic rings. The zero-order chi connectivity index (χ0) is 34.2. The molecule has 11 rings (SSSR count). The summed E-state index contributed by atoms with van der Waals surface area (Å²) in [5.41, 5.74) is 9.04. The summed E-state index contributed by atoms with van der Waals surface area (Å²) in [6.45, 7) is 0. The minimum absolute atomic E-state index is 0.855. The SMILES string of the molecule is c1ccc(-c2ccc(-c3ccc(N(c4ccc5c(c4)oc4c6ccccc6ccc54)c4ccc5c(c4)oc4c6ccccc6ccc54)cc3)s2)cc1. The van der Waals surface area contributed by atoms with Crippen LogP contribution in [0.4, 0.5) is 17.1 Å². The fourth-order valence-corrected chi connectivity index (χ4v) is 8.75. The third kappa shape index (κ3) is 4.58. The van der Waals surface area contributed by atoms with Crippen molar-refractivity contribution in [1.29, 1.82) is 0 Å². The van der Waals surface area contributed by atoms with Crippen LogP contribution in [0, 0.1) is 0 Å². The molecule has 0 aliphatic carbocycles. The molecule has 0 fully saturated rings. The molecule has 4 heteroatoms. The summed E-state index contributed by atoms with van der Waals surface area (Å²) in [5.74, 6) is 0. The Hall–Kier alpha value is -6.62. The van der Waals surface area contributed by atoms with Crippen molar-refractivity contribution >= 4 is 93.8 Å². The van der Waals surface area contributed by atoms with Crippen LogP contribution in [0.1, 0.15) is 0 Å². The third-order valence-electron chi connectivity index (χ3n) is 10.3. The van der Waals surface area contributed by atoms with Crippen LogP contribution in [-0.2, 0) is 0 Å². The van der Waals surface area contributed by atoms with E-state index in [1.54, 1.807) is 0 Å². The van der Waals surface area contributed by atoms with E-state index in [1.807, 2.05) is 11.3 Å². The number of hydrogen-bond acceptors (Lipinski definition) is 4. The summed E-state index contributed by atoms with van der Waals surface area (Å²) in [6, 6.07) is 62.5. The molecule has 3 heterocycles. The second-order valence-corrected chi connectivity index (χ2v) is 14.4. The predicted molar refractivity (Wildman–Crippen MR) is 219 cm³/mol. The summed E-state index contributed by atoms with van der Waals surface area (Å²) < 4.78 is 13.3. The second-order valence-electron chi connectivity index (χ2n) is 13.3. The number of fused-ring (bicyclic) bond motifs is 10. The van der Waals surface area contributed by atoms with Crippen LogP contribution in [0.5, 0.6) is 0 Å². The number of benzene rings is 8. The van der Waals surface area contributed by atoms with E-state index in [-0.39, 0.29) is 0 Å². The number of anilines is 3. The monoisotopic (exact) mass is 683 g/mol. The Morgan fingerprint density at radius 3 is 1.37 bits per heavy atom. The standard InChI is InChI=1S/C48H29NO2S/c1-2-10-32(11-3-1)45-26-27-46(52-45)33-14-18-34(19-15-33)49(35-20-24-39-41-22-16-30-8-4-6-12-37(30)47(41)50-43(39)28-35)36-21-25-40-42-23-17-31-9-5-7-13-38(31)48(42)51-44(40)29-36/h1-29H. The van der Waals surface area contributed by atoms with Gasteiger partial charge < -0.3 is 13.7 Å². The summed E-state index contributed by atoms with van der Waals surface area (Å²) >= 11 is 1.82. The van der Waals surface area contributed by atoms with Crippen LogP contribution in [0.25, 0.3) is 86.3 Å². The van der Waals surface area contributed by atoms with Gasteiger partial charge in [0.1, 0.15) is 22.3 Å². The molecule has 0 aliphatic rings. The van der Waals surface area contributed by atoms with Gasteiger partial charge in [-0.1, -0.05) is 103 Å². The lowest BCUT2D eigenvalue weighted by Gasteiger charge is -2.25. The van der Waals surface area contributed by atoms with Gasteiger partial charge in [0.15, 0.2) is 0 Å². The van der Waals surface area contributed by atoms with E-state index in [0.717, 1.165) is 71.7 Å². The average molecular weight is 684 g/mol. The maximum absolute atomic E-state index is 6.65. The molecule has 0 saturated heterocycles. The molecule has 244 valence electrons. The lowest BCUT2D eigenvalue weighted by Crippen LogP contribution is -2.09. The van der Waals surface area contributed by atoms with Crippen molar-refractivity contribution < 1.29 is 8.83 Å². The molecule has 3 nitrogen and oxygen atoms in total. The Kier molecular flexibility index (Phi) is 6.42. The number of thiophene rings is 1. The molecule has 0 spiro atoms. The summed E-state index contributed by atoms with van der Waals surface area (Å²) in [7, 11) is 0. The number of nitrogens with zero attached hydrogens (tertiary/aromatic N) is 1. The van der Waals surface area contributed by atoms with Crippen molar-refractivity contribution in [3.63, 3.8) is 0 Å². The van der Waals surface area contributed by atoms with Crippen molar-refractivity contribution in [2.24, 2.45) is 0 Å². The first-order valence-corrected chi connectivity index (χ1v) is 18.3. The fourth-order valence-electron chi connectivity index (χ4n) is 7.74. The molecular weight excluding hydrogens is 655 g/mol. The quantitative estimate of drug-likeness (QED) is 0.181. The Bertz CT molecular complexity index is 2980. The predicted octanol–water partition coefficient (Wildman–Crippen LogP) is 14.7. The van der Waals surface area contributed by atoms with Crippen LogP contribution in [-0.4, -0.2) is 0 Å². The van der Waals surface area contributed by atoms with Crippen LogP contribution < -0.4 is 4.90 Å². The van der Waals surface area contributed by atoms with E-state index in [0.29, 0.717) is 0 Å². The van der Waals surface area contributed by atoms with Crippen LogP contribution in [0.15, 0.2) is 185 Å². The van der Waals surface area contributed by atoms with Crippen molar-refractivity contribution in [2.45, 2.75) is 0 Å². The fraction of sp³-hybridized carbons (Fsp3) is 0. The molecule has 8 aromatic carbocycles. The zero-order valence-corrected chi connectivity index (χ0v) is 28.7. The Labute approximate surface area is 303 Å². The number of rotatable bonds is 5. The van der Waals surface area contributed by atoms with Gasteiger partial charge in [-0.3, -0.25) is 0 Å². The first kappa shape index (κ1) is 29.1. The van der Waals surface area contributed by atoms with Crippen LogP contribution in [0.2, 0.25) is 0 Å². The molecule has 0 atom stereocenters. The van der Waals surface area contributed by atoms with Gasteiger partial charge in [-0.25, -0.2) is 0 Å². The van der Waals surface area contributed by atoms with Crippen LogP contribution in [0.3, 0.4) is 0 Å². The van der Waals surface area contributed by atoms with Crippen molar-refractivity contribution in [1.82, 2.24) is 0 Å². The molecular formula is C48H29NO2S. The van der Waals surface area contributed by atoms with E-state index in [1.165, 1.54) is 31.7 Å².